The van der Waals surface area contributed by atoms with Crippen molar-refractivity contribution in [3.8, 4) is 11.3 Å². The molecule has 2 aromatic carbocycles. The minimum absolute atomic E-state index is 0.252. The van der Waals surface area contributed by atoms with E-state index in [1.165, 1.54) is 12.1 Å². The maximum absolute atomic E-state index is 13.0. The van der Waals surface area contributed by atoms with Crippen LogP contribution in [0.4, 0.5) is 21.8 Å². The molecule has 0 aliphatic carbocycles. The van der Waals surface area contributed by atoms with Gasteiger partial charge in [0.05, 0.1) is 5.69 Å². The largest absolute Gasteiger partial charge is 0.368 e. The van der Waals surface area contributed by atoms with Gasteiger partial charge in [0.1, 0.15) is 11.6 Å². The molecule has 0 saturated heterocycles. The average Bonchev–Trinajstić information content (AvgIpc) is 2.57. The van der Waals surface area contributed by atoms with E-state index < -0.39 is 0 Å². The Morgan fingerprint density at radius 3 is 2.29 bits per heavy atom. The number of halogens is 1. The van der Waals surface area contributed by atoms with Crippen LogP contribution in [0.15, 0.2) is 60.7 Å². The maximum Gasteiger partial charge on any atom is 0.229 e. The molecule has 0 atom stereocenters. The van der Waals surface area contributed by atoms with Crippen LogP contribution in [0.5, 0.6) is 0 Å². The molecule has 5 heteroatoms. The van der Waals surface area contributed by atoms with Crippen molar-refractivity contribution in [2.24, 2.45) is 0 Å². The first kappa shape index (κ1) is 15.9. The van der Waals surface area contributed by atoms with Crippen molar-refractivity contribution in [2.45, 2.75) is 19.9 Å². The molecule has 0 radical (unpaired) electrons. The SMILES string of the molecule is CC(C)Nc1cc(-c2ccccc2)nc(Nc2ccc(F)cc2)n1. The molecule has 4 nitrogen and oxygen atoms in total. The molecule has 122 valence electrons. The van der Waals surface area contributed by atoms with Gasteiger partial charge in [-0.3, -0.25) is 0 Å². The summed E-state index contributed by atoms with van der Waals surface area (Å²) in [6, 6.07) is 18.2. The lowest BCUT2D eigenvalue weighted by Crippen LogP contribution is -2.12. The van der Waals surface area contributed by atoms with E-state index in [0.29, 0.717) is 5.95 Å². The molecule has 0 saturated carbocycles. The lowest BCUT2D eigenvalue weighted by Gasteiger charge is -2.13. The van der Waals surface area contributed by atoms with Crippen LogP contribution in [0.2, 0.25) is 0 Å². The van der Waals surface area contributed by atoms with E-state index in [2.05, 4.69) is 34.4 Å². The minimum Gasteiger partial charge on any atom is -0.368 e. The van der Waals surface area contributed by atoms with E-state index in [-0.39, 0.29) is 11.9 Å². The zero-order valence-electron chi connectivity index (χ0n) is 13.6. The number of rotatable bonds is 5. The molecule has 3 aromatic rings. The second-order valence-electron chi connectivity index (χ2n) is 5.76. The van der Waals surface area contributed by atoms with Crippen molar-refractivity contribution >= 4 is 17.5 Å². The van der Waals surface area contributed by atoms with Crippen LogP contribution in [-0.4, -0.2) is 16.0 Å². The van der Waals surface area contributed by atoms with Crippen molar-refractivity contribution in [3.05, 3.63) is 66.5 Å². The van der Waals surface area contributed by atoms with Gasteiger partial charge in [-0.05, 0) is 38.1 Å². The quantitative estimate of drug-likeness (QED) is 0.705. The van der Waals surface area contributed by atoms with E-state index in [1.807, 2.05) is 36.4 Å². The molecular weight excluding hydrogens is 303 g/mol. The molecule has 0 aliphatic heterocycles. The fourth-order valence-electron chi connectivity index (χ4n) is 2.29. The Morgan fingerprint density at radius 1 is 0.917 bits per heavy atom. The van der Waals surface area contributed by atoms with Crippen LogP contribution in [0, 0.1) is 5.82 Å². The predicted molar refractivity (Wildman–Crippen MR) is 95.9 cm³/mol. The molecule has 0 spiro atoms. The number of nitrogens with zero attached hydrogens (tertiary/aromatic N) is 2. The highest BCUT2D eigenvalue weighted by Gasteiger charge is 2.08. The molecular formula is C19H19FN4. The Labute approximate surface area is 140 Å². The highest BCUT2D eigenvalue weighted by Crippen LogP contribution is 2.23. The van der Waals surface area contributed by atoms with Crippen LogP contribution in [0.1, 0.15) is 13.8 Å². The smallest absolute Gasteiger partial charge is 0.229 e. The summed E-state index contributed by atoms with van der Waals surface area (Å²) < 4.78 is 13.0. The van der Waals surface area contributed by atoms with Crippen LogP contribution in [0.3, 0.4) is 0 Å². The topological polar surface area (TPSA) is 49.8 Å². The molecule has 0 aliphatic rings. The van der Waals surface area contributed by atoms with Crippen LogP contribution in [-0.2, 0) is 0 Å². The Morgan fingerprint density at radius 2 is 1.62 bits per heavy atom. The molecule has 0 unspecified atom stereocenters. The summed E-state index contributed by atoms with van der Waals surface area (Å²) >= 11 is 0. The lowest BCUT2D eigenvalue weighted by molar-refractivity contribution is 0.628. The Hall–Kier alpha value is -2.95. The molecule has 0 fully saturated rings. The number of hydrogen-bond donors (Lipinski definition) is 2. The van der Waals surface area contributed by atoms with Gasteiger partial charge in [0.2, 0.25) is 5.95 Å². The van der Waals surface area contributed by atoms with Gasteiger partial charge >= 0.3 is 0 Å². The monoisotopic (exact) mass is 322 g/mol. The average molecular weight is 322 g/mol. The van der Waals surface area contributed by atoms with E-state index in [9.17, 15) is 4.39 Å². The van der Waals surface area contributed by atoms with Crippen molar-refractivity contribution in [1.82, 2.24) is 9.97 Å². The first-order valence-electron chi connectivity index (χ1n) is 7.84. The first-order chi connectivity index (χ1) is 11.6. The first-order valence-corrected chi connectivity index (χ1v) is 7.84. The third-order valence-electron chi connectivity index (χ3n) is 3.33. The lowest BCUT2D eigenvalue weighted by atomic mass is 10.1. The third-order valence-corrected chi connectivity index (χ3v) is 3.33. The second kappa shape index (κ2) is 7.08. The molecule has 2 N–H and O–H groups in total. The third kappa shape index (κ3) is 4.07. The van der Waals surface area contributed by atoms with E-state index in [0.717, 1.165) is 22.8 Å². The van der Waals surface area contributed by atoms with Crippen LogP contribution < -0.4 is 10.6 Å². The van der Waals surface area contributed by atoms with Gasteiger partial charge < -0.3 is 10.6 Å². The number of hydrogen-bond acceptors (Lipinski definition) is 4. The molecule has 0 bridgehead atoms. The normalized spacial score (nSPS) is 10.7. The summed E-state index contributed by atoms with van der Waals surface area (Å²) in [6.45, 7) is 4.11. The Balaban J connectivity index is 1.96. The molecule has 1 heterocycles. The molecule has 0 amide bonds. The molecule has 24 heavy (non-hydrogen) atoms. The van der Waals surface area contributed by atoms with Gasteiger partial charge in [-0.15, -0.1) is 0 Å². The zero-order chi connectivity index (χ0) is 16.9. The van der Waals surface area contributed by atoms with Gasteiger partial charge in [0, 0.05) is 23.4 Å². The fraction of sp³-hybridized carbons (Fsp3) is 0.158. The van der Waals surface area contributed by atoms with Crippen molar-refractivity contribution < 1.29 is 4.39 Å². The highest BCUT2D eigenvalue weighted by molar-refractivity contribution is 5.66. The highest BCUT2D eigenvalue weighted by atomic mass is 19.1. The number of aromatic nitrogens is 2. The van der Waals surface area contributed by atoms with Gasteiger partial charge in [0.25, 0.3) is 0 Å². The molecule has 3 rings (SSSR count). The summed E-state index contributed by atoms with van der Waals surface area (Å²) in [7, 11) is 0. The molecule has 1 aromatic heterocycles. The number of nitrogens with one attached hydrogen (secondary N) is 2. The number of anilines is 3. The second-order valence-corrected chi connectivity index (χ2v) is 5.76. The van der Waals surface area contributed by atoms with Gasteiger partial charge in [-0.25, -0.2) is 9.37 Å². The Kier molecular flexibility index (Phi) is 4.70. The van der Waals surface area contributed by atoms with E-state index >= 15 is 0 Å². The minimum atomic E-state index is -0.276. The van der Waals surface area contributed by atoms with Crippen LogP contribution >= 0.6 is 0 Å². The summed E-state index contributed by atoms with van der Waals surface area (Å²) in [5, 5.41) is 6.43. The fourth-order valence-corrected chi connectivity index (χ4v) is 2.29. The predicted octanol–water partition coefficient (Wildman–Crippen LogP) is 4.85. The maximum atomic E-state index is 13.0. The van der Waals surface area contributed by atoms with Gasteiger partial charge in [-0.1, -0.05) is 30.3 Å². The van der Waals surface area contributed by atoms with Crippen LogP contribution in [0.25, 0.3) is 11.3 Å². The number of benzene rings is 2. The summed E-state index contributed by atoms with van der Waals surface area (Å²) in [6.07, 6.45) is 0. The van der Waals surface area contributed by atoms with E-state index in [4.69, 9.17) is 0 Å². The summed E-state index contributed by atoms with van der Waals surface area (Å²) in [5.41, 5.74) is 2.56. The van der Waals surface area contributed by atoms with Gasteiger partial charge in [-0.2, -0.15) is 4.98 Å². The summed E-state index contributed by atoms with van der Waals surface area (Å²) in [5.74, 6) is 0.927. The Bertz CT molecular complexity index is 801. The standard InChI is InChI=1S/C19H19FN4/c1-13(2)21-18-12-17(14-6-4-3-5-7-14)23-19(24-18)22-16-10-8-15(20)9-11-16/h3-13H,1-2H3,(H2,21,22,23,24). The van der Waals surface area contributed by atoms with Gasteiger partial charge in [0.15, 0.2) is 0 Å². The summed E-state index contributed by atoms with van der Waals surface area (Å²) in [4.78, 5) is 9.06. The van der Waals surface area contributed by atoms with Crippen molar-refractivity contribution in [3.63, 3.8) is 0 Å². The van der Waals surface area contributed by atoms with Crippen molar-refractivity contribution in [2.75, 3.05) is 10.6 Å². The zero-order valence-corrected chi connectivity index (χ0v) is 13.6. The van der Waals surface area contributed by atoms with E-state index in [1.54, 1.807) is 12.1 Å². The van der Waals surface area contributed by atoms with Crippen molar-refractivity contribution in [1.29, 1.82) is 0 Å².